The molecule has 1 aliphatic rings. The van der Waals surface area contributed by atoms with Gasteiger partial charge in [0.1, 0.15) is 0 Å². The van der Waals surface area contributed by atoms with Gasteiger partial charge >= 0.3 is 0 Å². The lowest BCUT2D eigenvalue weighted by Crippen LogP contribution is -2.30. The molecule has 1 fully saturated rings. The van der Waals surface area contributed by atoms with Crippen LogP contribution in [0.25, 0.3) is 0 Å². The van der Waals surface area contributed by atoms with Gasteiger partial charge in [0.25, 0.3) is 0 Å². The Labute approximate surface area is 97.3 Å². The molecule has 1 unspecified atom stereocenters. The van der Waals surface area contributed by atoms with Gasteiger partial charge in [-0.25, -0.2) is 8.42 Å². The maximum absolute atomic E-state index is 11.2. The first-order chi connectivity index (χ1) is 7.14. The number of hydrogen-bond donors (Lipinski definition) is 1. The zero-order valence-corrected chi connectivity index (χ0v) is 11.0. The average Bonchev–Trinajstić information content (AvgIpc) is 2.52. The van der Waals surface area contributed by atoms with Gasteiger partial charge in [-0.15, -0.1) is 0 Å². The summed E-state index contributed by atoms with van der Waals surface area (Å²) in [7, 11) is -2.71. The van der Waals surface area contributed by atoms with Crippen molar-refractivity contribution in [2.45, 2.75) is 31.7 Å². The summed E-state index contributed by atoms with van der Waals surface area (Å²) < 4.78 is 22.3. The summed E-state index contributed by atoms with van der Waals surface area (Å²) in [5.41, 5.74) is 0. The summed E-state index contributed by atoms with van der Waals surface area (Å²) in [6.45, 7) is 0.967. The van der Waals surface area contributed by atoms with Crippen LogP contribution in [0.4, 0.5) is 0 Å². The fraction of sp³-hybridized carbons (Fsp3) is 1.00. The van der Waals surface area contributed by atoms with Crippen molar-refractivity contribution in [1.29, 1.82) is 0 Å². The molecule has 15 heavy (non-hydrogen) atoms. The van der Waals surface area contributed by atoms with E-state index in [0.29, 0.717) is 11.5 Å². The lowest BCUT2D eigenvalue weighted by atomic mass is 10.2. The van der Waals surface area contributed by atoms with E-state index in [-0.39, 0.29) is 6.04 Å². The highest BCUT2D eigenvalue weighted by Gasteiger charge is 2.26. The van der Waals surface area contributed by atoms with E-state index in [1.807, 2.05) is 11.8 Å². The summed E-state index contributed by atoms with van der Waals surface area (Å²) in [5.74, 6) is 1.95. The van der Waals surface area contributed by atoms with E-state index < -0.39 is 9.84 Å². The third-order valence-electron chi connectivity index (χ3n) is 2.69. The first-order valence-electron chi connectivity index (χ1n) is 5.57. The Morgan fingerprint density at radius 2 is 2.13 bits per heavy atom. The summed E-state index contributed by atoms with van der Waals surface area (Å²) in [5, 5.41) is 3.33. The van der Waals surface area contributed by atoms with Crippen molar-refractivity contribution >= 4 is 21.6 Å². The number of thioether (sulfide) groups is 1. The highest BCUT2D eigenvalue weighted by molar-refractivity contribution is 7.98. The predicted molar refractivity (Wildman–Crippen MR) is 67.3 cm³/mol. The normalized spacial score (nSPS) is 24.5. The Morgan fingerprint density at radius 3 is 2.73 bits per heavy atom. The molecule has 1 heterocycles. The highest BCUT2D eigenvalue weighted by atomic mass is 32.2. The van der Waals surface area contributed by atoms with Crippen LogP contribution in [0.3, 0.4) is 0 Å². The fourth-order valence-electron chi connectivity index (χ4n) is 1.81. The molecule has 0 aromatic heterocycles. The van der Waals surface area contributed by atoms with Crippen LogP contribution in [-0.4, -0.2) is 44.5 Å². The molecule has 0 aliphatic carbocycles. The minimum absolute atomic E-state index is 0.218. The molecule has 0 spiro atoms. The Morgan fingerprint density at radius 1 is 1.33 bits per heavy atom. The molecule has 0 amide bonds. The Hall–Kier alpha value is 0.260. The lowest BCUT2D eigenvalue weighted by molar-refractivity contribution is 0.531. The molecule has 5 heteroatoms. The molecule has 90 valence electrons. The van der Waals surface area contributed by atoms with Gasteiger partial charge in [0, 0.05) is 6.04 Å². The second-order valence-electron chi connectivity index (χ2n) is 4.11. The van der Waals surface area contributed by atoms with Crippen LogP contribution in [0.5, 0.6) is 0 Å². The van der Waals surface area contributed by atoms with E-state index in [4.69, 9.17) is 0 Å². The SMILES string of the molecule is CSCCCCCNC1CCS(=O)(=O)C1. The van der Waals surface area contributed by atoms with Crippen LogP contribution in [0, 0.1) is 0 Å². The molecule has 0 aromatic rings. The van der Waals surface area contributed by atoms with E-state index in [1.54, 1.807) is 0 Å². The number of hydrogen-bond acceptors (Lipinski definition) is 4. The summed E-state index contributed by atoms with van der Waals surface area (Å²) in [6, 6.07) is 0.218. The minimum atomic E-state index is -2.71. The van der Waals surface area contributed by atoms with Gasteiger partial charge in [0.15, 0.2) is 9.84 Å². The molecule has 1 aliphatic heterocycles. The van der Waals surface area contributed by atoms with Crippen molar-refractivity contribution in [3.63, 3.8) is 0 Å². The maximum Gasteiger partial charge on any atom is 0.151 e. The monoisotopic (exact) mass is 251 g/mol. The standard InChI is InChI=1S/C10H21NO2S2/c1-14-7-4-2-3-6-11-10-5-8-15(12,13)9-10/h10-11H,2-9H2,1H3. The third kappa shape index (κ3) is 5.78. The Bertz CT molecular complexity index is 265. The topological polar surface area (TPSA) is 46.2 Å². The zero-order valence-electron chi connectivity index (χ0n) is 9.37. The molecule has 3 nitrogen and oxygen atoms in total. The molecular weight excluding hydrogens is 230 g/mol. The van der Waals surface area contributed by atoms with Crippen LogP contribution in [0.1, 0.15) is 25.7 Å². The van der Waals surface area contributed by atoms with Crippen LogP contribution >= 0.6 is 11.8 Å². The summed E-state index contributed by atoms with van der Waals surface area (Å²) in [6.07, 6.45) is 6.60. The van der Waals surface area contributed by atoms with Crippen molar-refractivity contribution in [3.05, 3.63) is 0 Å². The number of nitrogens with one attached hydrogen (secondary N) is 1. The van der Waals surface area contributed by atoms with Crippen molar-refractivity contribution in [1.82, 2.24) is 5.32 Å². The molecule has 0 bridgehead atoms. The van der Waals surface area contributed by atoms with Gasteiger partial charge in [-0.3, -0.25) is 0 Å². The van der Waals surface area contributed by atoms with Gasteiger partial charge in [-0.05, 0) is 37.8 Å². The largest absolute Gasteiger partial charge is 0.313 e. The van der Waals surface area contributed by atoms with Crippen LogP contribution in [-0.2, 0) is 9.84 Å². The summed E-state index contributed by atoms with van der Waals surface area (Å²) in [4.78, 5) is 0. The van der Waals surface area contributed by atoms with Crippen molar-refractivity contribution in [2.75, 3.05) is 30.1 Å². The Kier molecular flexibility index (Phi) is 6.00. The van der Waals surface area contributed by atoms with E-state index in [0.717, 1.165) is 19.4 Å². The third-order valence-corrected chi connectivity index (χ3v) is 5.16. The molecule has 0 saturated carbocycles. The molecule has 1 atom stereocenters. The minimum Gasteiger partial charge on any atom is -0.313 e. The fourth-order valence-corrected chi connectivity index (χ4v) is 4.01. The first-order valence-corrected chi connectivity index (χ1v) is 8.78. The molecule has 1 saturated heterocycles. The second-order valence-corrected chi connectivity index (χ2v) is 7.32. The number of unbranched alkanes of at least 4 members (excludes halogenated alkanes) is 2. The molecule has 0 aromatic carbocycles. The van der Waals surface area contributed by atoms with Gasteiger partial charge in [-0.1, -0.05) is 6.42 Å². The van der Waals surface area contributed by atoms with E-state index in [9.17, 15) is 8.42 Å². The number of sulfone groups is 1. The highest BCUT2D eigenvalue weighted by Crippen LogP contribution is 2.11. The maximum atomic E-state index is 11.2. The smallest absolute Gasteiger partial charge is 0.151 e. The molecule has 0 radical (unpaired) electrons. The second kappa shape index (κ2) is 6.76. The molecular formula is C10H21NO2S2. The average molecular weight is 251 g/mol. The zero-order chi connectivity index (χ0) is 11.1. The van der Waals surface area contributed by atoms with Crippen LogP contribution in [0.2, 0.25) is 0 Å². The Balaban J connectivity index is 1.97. The van der Waals surface area contributed by atoms with Gasteiger partial charge in [0.05, 0.1) is 11.5 Å². The quantitative estimate of drug-likeness (QED) is 0.693. The summed E-state index contributed by atoms with van der Waals surface area (Å²) >= 11 is 1.89. The van der Waals surface area contributed by atoms with E-state index >= 15 is 0 Å². The van der Waals surface area contributed by atoms with E-state index in [1.165, 1.54) is 18.6 Å². The van der Waals surface area contributed by atoms with Gasteiger partial charge in [0.2, 0.25) is 0 Å². The lowest BCUT2D eigenvalue weighted by Gasteiger charge is -2.09. The van der Waals surface area contributed by atoms with Crippen molar-refractivity contribution < 1.29 is 8.42 Å². The first kappa shape index (κ1) is 13.3. The number of rotatable bonds is 7. The molecule has 1 N–H and O–H groups in total. The van der Waals surface area contributed by atoms with Gasteiger partial charge < -0.3 is 5.32 Å². The van der Waals surface area contributed by atoms with Gasteiger partial charge in [-0.2, -0.15) is 11.8 Å². The van der Waals surface area contributed by atoms with Crippen LogP contribution < -0.4 is 5.32 Å². The van der Waals surface area contributed by atoms with Crippen molar-refractivity contribution in [3.8, 4) is 0 Å². The van der Waals surface area contributed by atoms with Crippen LogP contribution in [0.15, 0.2) is 0 Å². The van der Waals surface area contributed by atoms with E-state index in [2.05, 4.69) is 11.6 Å². The molecule has 1 rings (SSSR count). The van der Waals surface area contributed by atoms with Crippen molar-refractivity contribution in [2.24, 2.45) is 0 Å². The predicted octanol–water partition coefficient (Wildman–Crippen LogP) is 1.30.